The van der Waals surface area contributed by atoms with Gasteiger partial charge in [0.2, 0.25) is 0 Å². The largest absolute Gasteiger partial charge is 0.480 e. The summed E-state index contributed by atoms with van der Waals surface area (Å²) in [6.45, 7) is 0. The summed E-state index contributed by atoms with van der Waals surface area (Å²) >= 11 is 0. The van der Waals surface area contributed by atoms with Gasteiger partial charge < -0.3 is 10.1 Å². The van der Waals surface area contributed by atoms with Crippen LogP contribution in [0.2, 0.25) is 0 Å². The highest BCUT2D eigenvalue weighted by Crippen LogP contribution is 2.45. The van der Waals surface area contributed by atoms with Crippen molar-refractivity contribution in [3.63, 3.8) is 0 Å². The van der Waals surface area contributed by atoms with Gasteiger partial charge in [-0.3, -0.25) is 4.79 Å². The molecule has 0 amide bonds. The van der Waals surface area contributed by atoms with E-state index < -0.39 is 11.9 Å². The Morgan fingerprint density at radius 2 is 1.00 bits per heavy atom. The van der Waals surface area contributed by atoms with E-state index in [0.717, 1.165) is 39.1 Å². The SMILES string of the molecule is O=C(O)C(c1ccccc1)c1[nH]c(-c2ccccc2)c(-c2ccccc2)c1-c1ccccc1. The van der Waals surface area contributed by atoms with E-state index in [4.69, 9.17) is 0 Å². The van der Waals surface area contributed by atoms with Crippen molar-refractivity contribution < 1.29 is 9.90 Å². The quantitative estimate of drug-likeness (QED) is 0.299. The van der Waals surface area contributed by atoms with E-state index in [1.54, 1.807) is 0 Å². The molecule has 0 saturated heterocycles. The molecule has 5 rings (SSSR count). The number of aromatic nitrogens is 1. The number of aromatic amines is 1. The molecule has 0 fully saturated rings. The van der Waals surface area contributed by atoms with Gasteiger partial charge in [-0.25, -0.2) is 0 Å². The monoisotopic (exact) mass is 429 g/mol. The van der Waals surface area contributed by atoms with Gasteiger partial charge in [-0.05, 0) is 22.3 Å². The fourth-order valence-corrected chi connectivity index (χ4v) is 4.43. The summed E-state index contributed by atoms with van der Waals surface area (Å²) in [4.78, 5) is 16.2. The molecule has 3 nitrogen and oxygen atoms in total. The fourth-order valence-electron chi connectivity index (χ4n) is 4.43. The van der Waals surface area contributed by atoms with Crippen molar-refractivity contribution in [2.45, 2.75) is 5.92 Å². The van der Waals surface area contributed by atoms with Gasteiger partial charge in [-0.2, -0.15) is 0 Å². The number of carboxylic acid groups (broad SMARTS) is 1. The van der Waals surface area contributed by atoms with Crippen molar-refractivity contribution >= 4 is 5.97 Å². The van der Waals surface area contributed by atoms with Gasteiger partial charge in [0.15, 0.2) is 0 Å². The molecule has 0 radical (unpaired) electrons. The van der Waals surface area contributed by atoms with Gasteiger partial charge in [0, 0.05) is 16.8 Å². The van der Waals surface area contributed by atoms with Crippen LogP contribution in [0.5, 0.6) is 0 Å². The standard InChI is InChI=1S/C30H23NO2/c32-30(33)27(23-17-9-3-10-18-23)29-26(22-15-7-2-8-16-22)25(21-13-5-1-6-14-21)28(31-29)24-19-11-4-12-20-24/h1-20,27,31H,(H,32,33). The Hall–Kier alpha value is -4.37. The van der Waals surface area contributed by atoms with Crippen molar-refractivity contribution in [3.05, 3.63) is 133 Å². The van der Waals surface area contributed by atoms with Crippen LogP contribution in [0.25, 0.3) is 33.5 Å². The zero-order valence-electron chi connectivity index (χ0n) is 18.0. The topological polar surface area (TPSA) is 53.1 Å². The number of carboxylic acids is 1. The zero-order chi connectivity index (χ0) is 22.6. The molecule has 0 spiro atoms. The third-order valence-electron chi connectivity index (χ3n) is 5.88. The minimum absolute atomic E-state index is 0.678. The lowest BCUT2D eigenvalue weighted by Gasteiger charge is -2.15. The van der Waals surface area contributed by atoms with Gasteiger partial charge in [-0.15, -0.1) is 0 Å². The molecule has 3 heteroatoms. The van der Waals surface area contributed by atoms with Crippen molar-refractivity contribution in [1.29, 1.82) is 0 Å². The third-order valence-corrected chi connectivity index (χ3v) is 5.88. The highest BCUT2D eigenvalue weighted by Gasteiger charge is 2.31. The first kappa shape index (κ1) is 20.5. The van der Waals surface area contributed by atoms with Crippen molar-refractivity contribution in [3.8, 4) is 33.5 Å². The molecule has 0 bridgehead atoms. The van der Waals surface area contributed by atoms with Crippen LogP contribution in [0.15, 0.2) is 121 Å². The molecule has 0 aliphatic heterocycles. The maximum Gasteiger partial charge on any atom is 0.317 e. The van der Waals surface area contributed by atoms with Crippen LogP contribution in [-0.4, -0.2) is 16.1 Å². The number of benzene rings is 4. The third kappa shape index (κ3) is 3.97. The molecular weight excluding hydrogens is 406 g/mol. The highest BCUT2D eigenvalue weighted by atomic mass is 16.4. The summed E-state index contributed by atoms with van der Waals surface area (Å²) < 4.78 is 0. The van der Waals surface area contributed by atoms with Crippen molar-refractivity contribution in [2.24, 2.45) is 0 Å². The summed E-state index contributed by atoms with van der Waals surface area (Å²) in [5.41, 5.74) is 7.28. The second-order valence-corrected chi connectivity index (χ2v) is 7.94. The lowest BCUT2D eigenvalue weighted by molar-refractivity contribution is -0.137. The molecule has 2 N–H and O–H groups in total. The average Bonchev–Trinajstić information content (AvgIpc) is 3.26. The Labute approximate surface area is 193 Å². The zero-order valence-corrected chi connectivity index (χ0v) is 18.0. The first-order valence-corrected chi connectivity index (χ1v) is 10.9. The number of hydrogen-bond acceptors (Lipinski definition) is 1. The summed E-state index contributed by atoms with van der Waals surface area (Å²) in [6.07, 6.45) is 0. The number of carbonyl (C=O) groups is 1. The van der Waals surface area contributed by atoms with Crippen molar-refractivity contribution in [1.82, 2.24) is 4.98 Å². The van der Waals surface area contributed by atoms with Gasteiger partial charge in [0.1, 0.15) is 5.92 Å². The molecule has 33 heavy (non-hydrogen) atoms. The lowest BCUT2D eigenvalue weighted by atomic mass is 9.87. The fraction of sp³-hybridized carbons (Fsp3) is 0.0333. The van der Waals surface area contributed by atoms with Gasteiger partial charge >= 0.3 is 5.97 Å². The maximum atomic E-state index is 12.7. The van der Waals surface area contributed by atoms with Crippen LogP contribution in [-0.2, 0) is 4.79 Å². The van der Waals surface area contributed by atoms with Crippen LogP contribution in [0.1, 0.15) is 17.2 Å². The molecular formula is C30H23NO2. The Morgan fingerprint density at radius 1 is 0.576 bits per heavy atom. The Balaban J connectivity index is 1.88. The molecule has 1 heterocycles. The van der Waals surface area contributed by atoms with Crippen LogP contribution >= 0.6 is 0 Å². The van der Waals surface area contributed by atoms with Gasteiger partial charge in [0.25, 0.3) is 0 Å². The van der Waals surface area contributed by atoms with E-state index in [1.807, 2.05) is 97.1 Å². The number of nitrogens with one attached hydrogen (secondary N) is 1. The number of aliphatic carboxylic acids is 1. The van der Waals surface area contributed by atoms with E-state index in [1.165, 1.54) is 0 Å². The van der Waals surface area contributed by atoms with Crippen LogP contribution in [0, 0.1) is 0 Å². The minimum atomic E-state index is -0.890. The predicted octanol–water partition coefficient (Wildman–Crippen LogP) is 7.23. The summed E-state index contributed by atoms with van der Waals surface area (Å²) in [7, 11) is 0. The maximum absolute atomic E-state index is 12.7. The first-order chi connectivity index (χ1) is 16.2. The molecule has 5 aromatic rings. The molecule has 1 atom stereocenters. The number of H-pyrrole nitrogens is 1. The Bertz CT molecular complexity index is 1360. The average molecular weight is 430 g/mol. The van der Waals surface area contributed by atoms with Crippen LogP contribution < -0.4 is 0 Å². The molecule has 4 aromatic carbocycles. The molecule has 1 aromatic heterocycles. The second kappa shape index (κ2) is 9.01. The van der Waals surface area contributed by atoms with Crippen molar-refractivity contribution in [2.75, 3.05) is 0 Å². The summed E-state index contributed by atoms with van der Waals surface area (Å²) in [5.74, 6) is -1.72. The Kier molecular flexibility index (Phi) is 5.61. The number of hydrogen-bond donors (Lipinski definition) is 2. The Morgan fingerprint density at radius 3 is 1.48 bits per heavy atom. The van der Waals surface area contributed by atoms with E-state index >= 15 is 0 Å². The van der Waals surface area contributed by atoms with Gasteiger partial charge in [-0.1, -0.05) is 121 Å². The minimum Gasteiger partial charge on any atom is -0.480 e. The first-order valence-electron chi connectivity index (χ1n) is 10.9. The van der Waals surface area contributed by atoms with E-state index in [-0.39, 0.29) is 0 Å². The number of rotatable bonds is 6. The van der Waals surface area contributed by atoms with Crippen LogP contribution in [0.4, 0.5) is 0 Å². The molecule has 0 saturated carbocycles. The van der Waals surface area contributed by atoms with E-state index in [2.05, 4.69) is 29.2 Å². The van der Waals surface area contributed by atoms with Crippen LogP contribution in [0.3, 0.4) is 0 Å². The molecule has 1 unspecified atom stereocenters. The molecule has 0 aliphatic rings. The summed E-state index contributed by atoms with van der Waals surface area (Å²) in [5, 5.41) is 10.4. The lowest BCUT2D eigenvalue weighted by Crippen LogP contribution is -2.14. The highest BCUT2D eigenvalue weighted by molar-refractivity contribution is 5.98. The van der Waals surface area contributed by atoms with Gasteiger partial charge in [0.05, 0.1) is 5.69 Å². The normalized spacial score (nSPS) is 11.8. The smallest absolute Gasteiger partial charge is 0.317 e. The predicted molar refractivity (Wildman–Crippen MR) is 133 cm³/mol. The molecule has 0 aliphatic carbocycles. The second-order valence-electron chi connectivity index (χ2n) is 7.94. The molecule has 160 valence electrons. The summed E-state index contributed by atoms with van der Waals surface area (Å²) in [6, 6.07) is 39.7. The van der Waals surface area contributed by atoms with E-state index in [9.17, 15) is 9.90 Å². The van der Waals surface area contributed by atoms with E-state index in [0.29, 0.717) is 5.69 Å².